The number of benzene rings is 1. The van der Waals surface area contributed by atoms with Crippen molar-refractivity contribution in [2.75, 3.05) is 0 Å². The molecule has 0 bridgehead atoms. The van der Waals surface area contributed by atoms with Crippen molar-refractivity contribution in [1.82, 2.24) is 0 Å². The van der Waals surface area contributed by atoms with Crippen LogP contribution in [0.1, 0.15) is 18.9 Å². The molecule has 3 nitrogen and oxygen atoms in total. The molecule has 1 aromatic rings. The van der Waals surface area contributed by atoms with E-state index in [2.05, 4.69) is 15.9 Å². The van der Waals surface area contributed by atoms with Crippen molar-refractivity contribution < 1.29 is 9.90 Å². The van der Waals surface area contributed by atoms with Crippen LogP contribution in [0, 0.1) is 0 Å². The third kappa shape index (κ3) is 2.82. The summed E-state index contributed by atoms with van der Waals surface area (Å²) < 4.78 is 0.951. The highest BCUT2D eigenvalue weighted by Crippen LogP contribution is 2.23. The molecular formula is C10H12BrNO2. The maximum atomic E-state index is 10.6. The molecule has 0 saturated carbocycles. The average molecular weight is 258 g/mol. The van der Waals surface area contributed by atoms with Crippen LogP contribution in [0.15, 0.2) is 28.7 Å². The monoisotopic (exact) mass is 257 g/mol. The van der Waals surface area contributed by atoms with Crippen LogP contribution in [-0.4, -0.2) is 11.1 Å². The van der Waals surface area contributed by atoms with Crippen molar-refractivity contribution in [3.63, 3.8) is 0 Å². The van der Waals surface area contributed by atoms with Crippen LogP contribution in [0.2, 0.25) is 0 Å². The lowest BCUT2D eigenvalue weighted by Crippen LogP contribution is -2.35. The molecule has 3 N–H and O–H groups in total. The van der Waals surface area contributed by atoms with Gasteiger partial charge in [0, 0.05) is 10.0 Å². The van der Waals surface area contributed by atoms with Gasteiger partial charge in [-0.1, -0.05) is 28.1 Å². The van der Waals surface area contributed by atoms with Gasteiger partial charge in [-0.3, -0.25) is 4.79 Å². The van der Waals surface area contributed by atoms with E-state index in [1.165, 1.54) is 0 Å². The Bertz CT molecular complexity index is 332. The second kappa shape index (κ2) is 4.11. The number of hydrogen-bond acceptors (Lipinski definition) is 2. The Morgan fingerprint density at radius 1 is 1.50 bits per heavy atom. The molecule has 0 aliphatic rings. The number of carbonyl (C=O) groups is 1. The Morgan fingerprint density at radius 3 is 2.43 bits per heavy atom. The van der Waals surface area contributed by atoms with Crippen LogP contribution in [0.4, 0.5) is 0 Å². The summed E-state index contributed by atoms with van der Waals surface area (Å²) in [7, 11) is 0. The van der Waals surface area contributed by atoms with Gasteiger partial charge in [-0.05, 0) is 24.6 Å². The zero-order valence-electron chi connectivity index (χ0n) is 7.83. The first kappa shape index (κ1) is 11.2. The van der Waals surface area contributed by atoms with E-state index >= 15 is 0 Å². The minimum atomic E-state index is -0.891. The highest BCUT2D eigenvalue weighted by molar-refractivity contribution is 9.10. The van der Waals surface area contributed by atoms with E-state index < -0.39 is 11.5 Å². The number of halogens is 1. The van der Waals surface area contributed by atoms with Crippen molar-refractivity contribution in [3.05, 3.63) is 34.3 Å². The summed E-state index contributed by atoms with van der Waals surface area (Å²) in [6, 6.07) is 7.35. The molecule has 0 amide bonds. The summed E-state index contributed by atoms with van der Waals surface area (Å²) in [6.07, 6.45) is -0.0748. The molecule has 14 heavy (non-hydrogen) atoms. The van der Waals surface area contributed by atoms with Gasteiger partial charge in [0.25, 0.3) is 0 Å². The summed E-state index contributed by atoms with van der Waals surface area (Å²) in [4.78, 5) is 10.6. The summed E-state index contributed by atoms with van der Waals surface area (Å²) in [5.74, 6) is -0.891. The molecule has 0 saturated heterocycles. The molecule has 0 unspecified atom stereocenters. The minimum Gasteiger partial charge on any atom is -0.481 e. The summed E-state index contributed by atoms with van der Waals surface area (Å²) in [5.41, 5.74) is 5.90. The maximum absolute atomic E-state index is 10.6. The third-order valence-electron chi connectivity index (χ3n) is 2.02. The topological polar surface area (TPSA) is 63.3 Å². The standard InChI is InChI=1S/C10H12BrNO2/c1-10(12,6-9(13)14)7-2-4-8(11)5-3-7/h2-5H,6,12H2,1H3,(H,13,14)/t10-/m0/s1. The molecule has 0 aliphatic heterocycles. The van der Waals surface area contributed by atoms with Crippen LogP contribution in [-0.2, 0) is 10.3 Å². The lowest BCUT2D eigenvalue weighted by Gasteiger charge is -2.22. The Kier molecular flexibility index (Phi) is 3.29. The first-order valence-electron chi connectivity index (χ1n) is 4.18. The predicted molar refractivity (Wildman–Crippen MR) is 57.9 cm³/mol. The number of nitrogens with two attached hydrogens (primary N) is 1. The van der Waals surface area contributed by atoms with Crippen molar-refractivity contribution in [1.29, 1.82) is 0 Å². The van der Waals surface area contributed by atoms with Crippen LogP contribution in [0.3, 0.4) is 0 Å². The zero-order valence-corrected chi connectivity index (χ0v) is 9.41. The highest BCUT2D eigenvalue weighted by atomic mass is 79.9. The normalized spacial score (nSPS) is 14.8. The van der Waals surface area contributed by atoms with E-state index in [9.17, 15) is 4.79 Å². The molecule has 0 radical (unpaired) electrons. The number of carboxylic acids is 1. The molecule has 1 rings (SSSR count). The molecule has 4 heteroatoms. The lowest BCUT2D eigenvalue weighted by molar-refractivity contribution is -0.138. The number of rotatable bonds is 3. The molecule has 1 atom stereocenters. The largest absolute Gasteiger partial charge is 0.481 e. The zero-order chi connectivity index (χ0) is 10.8. The summed E-state index contributed by atoms with van der Waals surface area (Å²) >= 11 is 3.31. The number of hydrogen-bond donors (Lipinski definition) is 2. The fourth-order valence-corrected chi connectivity index (χ4v) is 1.51. The fraction of sp³-hybridized carbons (Fsp3) is 0.300. The maximum Gasteiger partial charge on any atom is 0.305 e. The van der Waals surface area contributed by atoms with Gasteiger partial charge in [-0.2, -0.15) is 0 Å². The van der Waals surface area contributed by atoms with E-state index in [1.807, 2.05) is 24.3 Å². The molecule has 0 aromatic heterocycles. The van der Waals surface area contributed by atoms with Crippen LogP contribution >= 0.6 is 15.9 Å². The van der Waals surface area contributed by atoms with Crippen LogP contribution < -0.4 is 5.73 Å². The first-order chi connectivity index (χ1) is 6.42. The van der Waals surface area contributed by atoms with Crippen LogP contribution in [0.5, 0.6) is 0 Å². The lowest BCUT2D eigenvalue weighted by atomic mass is 9.90. The highest BCUT2D eigenvalue weighted by Gasteiger charge is 2.24. The van der Waals surface area contributed by atoms with Crippen molar-refractivity contribution in [3.8, 4) is 0 Å². The summed E-state index contributed by atoms with van der Waals surface area (Å²) in [5, 5.41) is 8.68. The second-order valence-electron chi connectivity index (χ2n) is 3.49. The molecule has 0 fully saturated rings. The smallest absolute Gasteiger partial charge is 0.305 e. The van der Waals surface area contributed by atoms with Gasteiger partial charge in [0.05, 0.1) is 6.42 Å². The second-order valence-corrected chi connectivity index (χ2v) is 4.41. The van der Waals surface area contributed by atoms with Crippen molar-refractivity contribution in [2.24, 2.45) is 5.73 Å². The third-order valence-corrected chi connectivity index (χ3v) is 2.55. The van der Waals surface area contributed by atoms with Crippen molar-refractivity contribution >= 4 is 21.9 Å². The van der Waals surface area contributed by atoms with Gasteiger partial charge < -0.3 is 10.8 Å². The van der Waals surface area contributed by atoms with Crippen molar-refractivity contribution in [2.45, 2.75) is 18.9 Å². The van der Waals surface area contributed by atoms with Crippen LogP contribution in [0.25, 0.3) is 0 Å². The minimum absolute atomic E-state index is 0.0748. The van der Waals surface area contributed by atoms with E-state index in [4.69, 9.17) is 10.8 Å². The molecule has 76 valence electrons. The molecule has 0 aliphatic carbocycles. The predicted octanol–water partition coefficient (Wildman–Crippen LogP) is 2.10. The van der Waals surface area contributed by atoms with Gasteiger partial charge in [0.15, 0.2) is 0 Å². The Morgan fingerprint density at radius 2 is 2.00 bits per heavy atom. The molecule has 1 aromatic carbocycles. The molecule has 0 spiro atoms. The van der Waals surface area contributed by atoms with E-state index in [-0.39, 0.29) is 6.42 Å². The Labute approximate surface area is 91.1 Å². The van der Waals surface area contributed by atoms with Gasteiger partial charge in [0.1, 0.15) is 0 Å². The fourth-order valence-electron chi connectivity index (χ4n) is 1.25. The average Bonchev–Trinajstić information content (AvgIpc) is 2.02. The van der Waals surface area contributed by atoms with E-state index in [0.29, 0.717) is 0 Å². The molecule has 0 heterocycles. The Hall–Kier alpha value is -0.870. The van der Waals surface area contributed by atoms with Gasteiger partial charge in [-0.15, -0.1) is 0 Å². The number of aliphatic carboxylic acids is 1. The molecular weight excluding hydrogens is 246 g/mol. The van der Waals surface area contributed by atoms with Gasteiger partial charge >= 0.3 is 5.97 Å². The van der Waals surface area contributed by atoms with E-state index in [0.717, 1.165) is 10.0 Å². The van der Waals surface area contributed by atoms with Gasteiger partial charge in [-0.25, -0.2) is 0 Å². The number of carboxylic acid groups (broad SMARTS) is 1. The summed E-state index contributed by atoms with van der Waals surface area (Å²) in [6.45, 7) is 1.71. The quantitative estimate of drug-likeness (QED) is 0.872. The SMILES string of the molecule is C[C@](N)(CC(=O)O)c1ccc(Br)cc1. The Balaban J connectivity index is 2.91. The van der Waals surface area contributed by atoms with E-state index in [1.54, 1.807) is 6.92 Å². The first-order valence-corrected chi connectivity index (χ1v) is 4.98. The van der Waals surface area contributed by atoms with Gasteiger partial charge in [0.2, 0.25) is 0 Å².